The van der Waals surface area contributed by atoms with Crippen molar-refractivity contribution in [2.24, 2.45) is 0 Å². The molecule has 6 nitrogen and oxygen atoms in total. The molecule has 0 atom stereocenters. The molecule has 0 saturated heterocycles. The van der Waals surface area contributed by atoms with Crippen molar-refractivity contribution in [3.05, 3.63) is 65.5 Å². The summed E-state index contributed by atoms with van der Waals surface area (Å²) in [5.41, 5.74) is 3.26. The third-order valence-corrected chi connectivity index (χ3v) is 5.86. The van der Waals surface area contributed by atoms with Crippen molar-refractivity contribution in [3.63, 3.8) is 0 Å². The fourth-order valence-corrected chi connectivity index (χ4v) is 3.95. The Labute approximate surface area is 154 Å². The Morgan fingerprint density at radius 1 is 1.19 bits per heavy atom. The zero-order chi connectivity index (χ0) is 18.6. The number of carbonyl (C=O) groups is 1. The van der Waals surface area contributed by atoms with E-state index in [2.05, 4.69) is 11.1 Å². The molecule has 3 rings (SSSR count). The summed E-state index contributed by atoms with van der Waals surface area (Å²) >= 11 is 0. The maximum Gasteiger partial charge on any atom is 0.224 e. The van der Waals surface area contributed by atoms with E-state index in [1.54, 1.807) is 18.5 Å². The summed E-state index contributed by atoms with van der Waals surface area (Å²) in [5, 5.41) is 0. The highest BCUT2D eigenvalue weighted by Crippen LogP contribution is 2.19. The van der Waals surface area contributed by atoms with Crippen LogP contribution in [0.2, 0.25) is 0 Å². The molecular formula is C19H23N3O3S. The lowest BCUT2D eigenvalue weighted by molar-refractivity contribution is -0.132. The van der Waals surface area contributed by atoms with Crippen molar-refractivity contribution in [1.82, 2.24) is 14.2 Å². The lowest BCUT2D eigenvalue weighted by atomic mass is 10.00. The van der Waals surface area contributed by atoms with Crippen LogP contribution in [0.4, 0.5) is 0 Å². The number of sulfonamides is 1. The Balaban J connectivity index is 1.61. The summed E-state index contributed by atoms with van der Waals surface area (Å²) in [7, 11) is -3.40. The Morgan fingerprint density at radius 3 is 2.65 bits per heavy atom. The lowest BCUT2D eigenvalue weighted by Crippen LogP contribution is -2.39. The van der Waals surface area contributed by atoms with E-state index >= 15 is 0 Å². The first-order chi connectivity index (χ1) is 12.4. The van der Waals surface area contributed by atoms with Gasteiger partial charge in [0.2, 0.25) is 15.9 Å². The number of hydrogen-bond donors (Lipinski definition) is 0. The van der Waals surface area contributed by atoms with Crippen LogP contribution in [-0.2, 0) is 34.3 Å². The number of pyridine rings is 1. The molecule has 1 aliphatic heterocycles. The summed E-state index contributed by atoms with van der Waals surface area (Å²) < 4.78 is 25.5. The second kappa shape index (κ2) is 7.97. The van der Waals surface area contributed by atoms with E-state index in [9.17, 15) is 13.2 Å². The van der Waals surface area contributed by atoms with Gasteiger partial charge in [-0.1, -0.05) is 30.3 Å². The molecule has 7 heteroatoms. The summed E-state index contributed by atoms with van der Waals surface area (Å²) in [6, 6.07) is 11.7. The summed E-state index contributed by atoms with van der Waals surface area (Å²) in [6.45, 7) is 1.67. The van der Waals surface area contributed by atoms with Crippen LogP contribution in [0, 0.1) is 0 Å². The van der Waals surface area contributed by atoms with Gasteiger partial charge in [-0.2, -0.15) is 4.31 Å². The van der Waals surface area contributed by atoms with Crippen LogP contribution < -0.4 is 0 Å². The first-order valence-electron chi connectivity index (χ1n) is 8.62. The molecule has 0 N–H and O–H groups in total. The number of nitrogens with zero attached hydrogens (tertiary/aromatic N) is 3. The van der Waals surface area contributed by atoms with Crippen LogP contribution in [-0.4, -0.2) is 47.9 Å². The Bertz CT molecular complexity index is 869. The van der Waals surface area contributed by atoms with Gasteiger partial charge in [0, 0.05) is 45.0 Å². The highest BCUT2D eigenvalue weighted by molar-refractivity contribution is 7.88. The standard InChI is InChI=1S/C19H23N3O3S/c1-26(24,25)22(14-16-5-4-10-20-13-16)12-9-19(23)21-11-8-17-6-2-3-7-18(17)15-21/h2-7,10,13H,8-9,11-12,14-15H2,1H3. The summed E-state index contributed by atoms with van der Waals surface area (Å²) in [5.74, 6) is -0.0145. The highest BCUT2D eigenvalue weighted by atomic mass is 32.2. The number of aromatic nitrogens is 1. The lowest BCUT2D eigenvalue weighted by Gasteiger charge is -2.29. The normalized spacial score (nSPS) is 14.3. The van der Waals surface area contributed by atoms with Gasteiger partial charge in [0.05, 0.1) is 6.26 Å². The third kappa shape index (κ3) is 4.68. The van der Waals surface area contributed by atoms with Gasteiger partial charge in [-0.3, -0.25) is 9.78 Å². The van der Waals surface area contributed by atoms with Gasteiger partial charge in [-0.25, -0.2) is 8.42 Å². The molecule has 1 amide bonds. The Kier molecular flexibility index (Phi) is 5.68. The van der Waals surface area contributed by atoms with Crippen molar-refractivity contribution in [3.8, 4) is 0 Å². The number of carbonyl (C=O) groups excluding carboxylic acids is 1. The first-order valence-corrected chi connectivity index (χ1v) is 10.5. The van der Waals surface area contributed by atoms with Gasteiger partial charge < -0.3 is 4.90 Å². The van der Waals surface area contributed by atoms with Crippen LogP contribution >= 0.6 is 0 Å². The largest absolute Gasteiger partial charge is 0.338 e. The molecule has 138 valence electrons. The minimum atomic E-state index is -3.40. The van der Waals surface area contributed by atoms with Crippen molar-refractivity contribution in [2.45, 2.75) is 25.9 Å². The average Bonchev–Trinajstić information content (AvgIpc) is 2.64. The molecule has 1 aliphatic rings. The molecule has 0 radical (unpaired) electrons. The fraction of sp³-hybridized carbons (Fsp3) is 0.368. The molecule has 0 aliphatic carbocycles. The molecule has 1 aromatic carbocycles. The SMILES string of the molecule is CS(=O)(=O)N(CCC(=O)N1CCc2ccccc2C1)Cc1cccnc1. The molecule has 1 aromatic heterocycles. The number of amides is 1. The molecule has 26 heavy (non-hydrogen) atoms. The maximum absolute atomic E-state index is 12.6. The zero-order valence-corrected chi connectivity index (χ0v) is 15.7. The minimum Gasteiger partial charge on any atom is -0.338 e. The van der Waals surface area contributed by atoms with Crippen LogP contribution in [0.1, 0.15) is 23.1 Å². The van der Waals surface area contributed by atoms with Crippen molar-refractivity contribution in [2.75, 3.05) is 19.3 Å². The highest BCUT2D eigenvalue weighted by Gasteiger charge is 2.23. The van der Waals surface area contributed by atoms with Gasteiger partial charge in [0.25, 0.3) is 0 Å². The van der Waals surface area contributed by atoms with Gasteiger partial charge in [-0.15, -0.1) is 0 Å². The van der Waals surface area contributed by atoms with E-state index in [4.69, 9.17) is 0 Å². The smallest absolute Gasteiger partial charge is 0.224 e. The molecular weight excluding hydrogens is 350 g/mol. The van der Waals surface area contributed by atoms with E-state index in [0.717, 1.165) is 12.0 Å². The van der Waals surface area contributed by atoms with Crippen molar-refractivity contribution < 1.29 is 13.2 Å². The quantitative estimate of drug-likeness (QED) is 0.774. The minimum absolute atomic E-state index is 0.0145. The summed E-state index contributed by atoms with van der Waals surface area (Å²) in [6.07, 6.45) is 5.47. The number of benzene rings is 1. The van der Waals surface area contributed by atoms with Crippen LogP contribution in [0.5, 0.6) is 0 Å². The van der Waals surface area contributed by atoms with E-state index in [1.807, 2.05) is 29.2 Å². The Hall–Kier alpha value is -2.25. The molecule has 0 unspecified atom stereocenters. The first kappa shape index (κ1) is 18.5. The second-order valence-electron chi connectivity index (χ2n) is 6.54. The van der Waals surface area contributed by atoms with Crippen LogP contribution in [0.3, 0.4) is 0 Å². The van der Waals surface area contributed by atoms with E-state index in [0.29, 0.717) is 13.1 Å². The van der Waals surface area contributed by atoms with Crippen LogP contribution in [0.25, 0.3) is 0 Å². The van der Waals surface area contributed by atoms with Crippen LogP contribution in [0.15, 0.2) is 48.8 Å². The van der Waals surface area contributed by atoms with Gasteiger partial charge in [-0.05, 0) is 29.2 Å². The van der Waals surface area contributed by atoms with Gasteiger partial charge >= 0.3 is 0 Å². The third-order valence-electron chi connectivity index (χ3n) is 4.61. The molecule has 0 spiro atoms. The van der Waals surface area contributed by atoms with Gasteiger partial charge in [0.15, 0.2) is 0 Å². The van der Waals surface area contributed by atoms with E-state index in [1.165, 1.54) is 21.7 Å². The monoisotopic (exact) mass is 373 g/mol. The van der Waals surface area contributed by atoms with E-state index in [-0.39, 0.29) is 25.4 Å². The number of rotatable bonds is 6. The summed E-state index contributed by atoms with van der Waals surface area (Å²) in [4.78, 5) is 18.4. The topological polar surface area (TPSA) is 70.6 Å². The number of fused-ring (bicyclic) bond motifs is 1. The Morgan fingerprint density at radius 2 is 1.96 bits per heavy atom. The molecule has 2 aromatic rings. The average molecular weight is 373 g/mol. The number of hydrogen-bond acceptors (Lipinski definition) is 4. The predicted octanol–water partition coefficient (Wildman–Crippen LogP) is 1.82. The molecule has 0 bridgehead atoms. The molecule has 0 fully saturated rings. The maximum atomic E-state index is 12.6. The molecule has 0 saturated carbocycles. The second-order valence-corrected chi connectivity index (χ2v) is 8.52. The predicted molar refractivity (Wildman–Crippen MR) is 99.7 cm³/mol. The fourth-order valence-electron chi connectivity index (χ4n) is 3.14. The zero-order valence-electron chi connectivity index (χ0n) is 14.8. The molecule has 2 heterocycles. The van der Waals surface area contributed by atoms with Gasteiger partial charge in [0.1, 0.15) is 0 Å². The van der Waals surface area contributed by atoms with E-state index < -0.39 is 10.0 Å². The van der Waals surface area contributed by atoms with Crippen molar-refractivity contribution >= 4 is 15.9 Å². The van der Waals surface area contributed by atoms with Crippen molar-refractivity contribution in [1.29, 1.82) is 0 Å².